The van der Waals surface area contributed by atoms with E-state index in [-0.39, 0.29) is 18.4 Å². The van der Waals surface area contributed by atoms with Gasteiger partial charge in [0.25, 0.3) is 0 Å². The van der Waals surface area contributed by atoms with Crippen molar-refractivity contribution in [1.82, 2.24) is 4.90 Å². The molecule has 1 N–H and O–H groups in total. The van der Waals surface area contributed by atoms with Crippen LogP contribution in [0.15, 0.2) is 0 Å². The molecule has 0 bridgehead atoms. The number of hydrogen-bond donors (Lipinski definition) is 1. The number of thioether (sulfide) groups is 1. The summed E-state index contributed by atoms with van der Waals surface area (Å²) in [4.78, 5) is 14.1. The predicted octanol–water partition coefficient (Wildman–Crippen LogP) is 2.39. The lowest BCUT2D eigenvalue weighted by Crippen LogP contribution is -2.43. The van der Waals surface area contributed by atoms with Gasteiger partial charge in [-0.1, -0.05) is 26.7 Å². The van der Waals surface area contributed by atoms with E-state index in [1.54, 1.807) is 11.8 Å². The molecule has 0 spiro atoms. The second kappa shape index (κ2) is 8.05. The maximum absolute atomic E-state index is 12.1. The van der Waals surface area contributed by atoms with Crippen LogP contribution in [0.1, 0.15) is 39.5 Å². The van der Waals surface area contributed by atoms with Crippen molar-refractivity contribution in [2.75, 3.05) is 25.2 Å². The molecule has 0 unspecified atom stereocenters. The van der Waals surface area contributed by atoms with Gasteiger partial charge in [-0.15, -0.1) is 0 Å². The zero-order valence-electron chi connectivity index (χ0n) is 11.9. The first-order chi connectivity index (χ1) is 8.56. The van der Waals surface area contributed by atoms with Crippen LogP contribution in [0.2, 0.25) is 0 Å². The van der Waals surface area contributed by atoms with Crippen molar-refractivity contribution < 1.29 is 9.90 Å². The Kier molecular flexibility index (Phi) is 7.08. The fourth-order valence-corrected chi connectivity index (χ4v) is 3.56. The molecule has 0 aliphatic heterocycles. The van der Waals surface area contributed by atoms with Crippen LogP contribution >= 0.6 is 11.8 Å². The second-order valence-electron chi connectivity index (χ2n) is 5.64. The molecule has 0 saturated heterocycles. The summed E-state index contributed by atoms with van der Waals surface area (Å²) in [5.74, 6) is 2.56. The second-order valence-corrected chi connectivity index (χ2v) is 6.67. The summed E-state index contributed by atoms with van der Waals surface area (Å²) >= 11 is 1.64. The Bertz CT molecular complexity index is 260. The van der Waals surface area contributed by atoms with Crippen molar-refractivity contribution in [3.8, 4) is 0 Å². The first-order valence-corrected chi connectivity index (χ1v) is 8.16. The summed E-state index contributed by atoms with van der Waals surface area (Å²) in [6, 6.07) is 0.433. The largest absolute Gasteiger partial charge is 0.396 e. The molecule has 0 radical (unpaired) electrons. The van der Waals surface area contributed by atoms with Crippen LogP contribution in [0.4, 0.5) is 0 Å². The summed E-state index contributed by atoms with van der Waals surface area (Å²) in [5.41, 5.74) is 0. The third kappa shape index (κ3) is 4.81. The van der Waals surface area contributed by atoms with Gasteiger partial charge in [0.1, 0.15) is 0 Å². The smallest absolute Gasteiger partial charge is 0.232 e. The normalized spacial score (nSPS) is 25.8. The lowest BCUT2D eigenvalue weighted by molar-refractivity contribution is -0.130. The van der Waals surface area contributed by atoms with Crippen LogP contribution < -0.4 is 0 Å². The average molecular weight is 273 g/mol. The van der Waals surface area contributed by atoms with Gasteiger partial charge in [0, 0.05) is 19.7 Å². The first-order valence-electron chi connectivity index (χ1n) is 7.00. The van der Waals surface area contributed by atoms with Crippen molar-refractivity contribution >= 4 is 17.7 Å². The molecule has 1 aliphatic carbocycles. The van der Waals surface area contributed by atoms with E-state index in [0.29, 0.717) is 17.7 Å². The van der Waals surface area contributed by atoms with Gasteiger partial charge in [0.2, 0.25) is 5.91 Å². The molecule has 4 heteroatoms. The van der Waals surface area contributed by atoms with Gasteiger partial charge in [0.15, 0.2) is 0 Å². The first kappa shape index (κ1) is 15.8. The quantitative estimate of drug-likeness (QED) is 0.808. The third-order valence-corrected chi connectivity index (χ3v) is 5.15. The van der Waals surface area contributed by atoms with Gasteiger partial charge in [-0.3, -0.25) is 4.79 Å². The van der Waals surface area contributed by atoms with E-state index in [1.165, 1.54) is 19.3 Å². The van der Waals surface area contributed by atoms with E-state index in [0.717, 1.165) is 12.2 Å². The number of carbonyl (C=O) groups is 1. The monoisotopic (exact) mass is 273 g/mol. The highest BCUT2D eigenvalue weighted by Crippen LogP contribution is 2.27. The molecular weight excluding hydrogens is 246 g/mol. The molecule has 18 heavy (non-hydrogen) atoms. The van der Waals surface area contributed by atoms with E-state index >= 15 is 0 Å². The number of aliphatic hydroxyl groups excluding tert-OH is 1. The Morgan fingerprint density at radius 2 is 2.11 bits per heavy atom. The molecule has 1 rings (SSSR count). The summed E-state index contributed by atoms with van der Waals surface area (Å²) in [6.45, 7) is 4.47. The molecular formula is C14H27NO2S. The lowest BCUT2D eigenvalue weighted by atomic mass is 9.85. The predicted molar refractivity (Wildman–Crippen MR) is 77.8 cm³/mol. The van der Waals surface area contributed by atoms with E-state index in [1.807, 2.05) is 18.9 Å². The van der Waals surface area contributed by atoms with Crippen LogP contribution in [0, 0.1) is 11.8 Å². The highest BCUT2D eigenvalue weighted by atomic mass is 32.2. The number of rotatable bonds is 6. The zero-order chi connectivity index (χ0) is 13.5. The molecule has 1 saturated carbocycles. The van der Waals surface area contributed by atoms with Crippen LogP contribution in [0.25, 0.3) is 0 Å². The molecule has 0 aromatic rings. The highest BCUT2D eigenvalue weighted by molar-refractivity contribution is 7.99. The van der Waals surface area contributed by atoms with E-state index < -0.39 is 0 Å². The Hall–Kier alpha value is -0.220. The van der Waals surface area contributed by atoms with Gasteiger partial charge in [0.05, 0.1) is 5.75 Å². The lowest BCUT2D eigenvalue weighted by Gasteiger charge is -2.36. The van der Waals surface area contributed by atoms with Crippen LogP contribution in [-0.4, -0.2) is 47.1 Å². The molecule has 0 heterocycles. The van der Waals surface area contributed by atoms with Crippen molar-refractivity contribution in [1.29, 1.82) is 0 Å². The fourth-order valence-electron chi connectivity index (χ4n) is 2.56. The topological polar surface area (TPSA) is 40.5 Å². The van der Waals surface area contributed by atoms with E-state index in [4.69, 9.17) is 5.11 Å². The maximum atomic E-state index is 12.1. The maximum Gasteiger partial charge on any atom is 0.232 e. The number of nitrogens with zero attached hydrogens (tertiary/aromatic N) is 1. The van der Waals surface area contributed by atoms with Crippen molar-refractivity contribution in [2.24, 2.45) is 11.8 Å². The van der Waals surface area contributed by atoms with Crippen molar-refractivity contribution in [2.45, 2.75) is 45.6 Å². The Labute approximate surface area is 115 Å². The Morgan fingerprint density at radius 3 is 2.72 bits per heavy atom. The standard InChI is InChI=1S/C14H27NO2S/c1-11(8-16)9-18-10-14(17)15(3)13-7-5-4-6-12(13)2/h11-13,16H,4-10H2,1-3H3/t11-,12-,13-/m1/s1. The molecule has 3 atom stereocenters. The zero-order valence-corrected chi connectivity index (χ0v) is 12.7. The van der Waals surface area contributed by atoms with Crippen LogP contribution in [0.3, 0.4) is 0 Å². The number of aliphatic hydroxyl groups is 1. The molecule has 1 aliphatic rings. The summed E-state index contributed by atoms with van der Waals surface area (Å²) in [5, 5.41) is 8.94. The van der Waals surface area contributed by atoms with Gasteiger partial charge in [-0.25, -0.2) is 0 Å². The van der Waals surface area contributed by atoms with E-state index in [2.05, 4.69) is 6.92 Å². The van der Waals surface area contributed by atoms with Crippen molar-refractivity contribution in [3.63, 3.8) is 0 Å². The van der Waals surface area contributed by atoms with Crippen LogP contribution in [-0.2, 0) is 4.79 Å². The van der Waals surface area contributed by atoms with Gasteiger partial charge >= 0.3 is 0 Å². The fraction of sp³-hybridized carbons (Fsp3) is 0.929. The molecule has 106 valence electrons. The number of carbonyl (C=O) groups excluding carboxylic acids is 1. The third-order valence-electron chi connectivity index (χ3n) is 3.90. The minimum atomic E-state index is 0.205. The molecule has 1 amide bonds. The average Bonchev–Trinajstić information content (AvgIpc) is 2.38. The minimum absolute atomic E-state index is 0.205. The number of amides is 1. The number of hydrogen-bond acceptors (Lipinski definition) is 3. The van der Waals surface area contributed by atoms with Gasteiger partial charge < -0.3 is 10.0 Å². The minimum Gasteiger partial charge on any atom is -0.396 e. The highest BCUT2D eigenvalue weighted by Gasteiger charge is 2.27. The van der Waals surface area contributed by atoms with E-state index in [9.17, 15) is 4.79 Å². The van der Waals surface area contributed by atoms with Crippen molar-refractivity contribution in [3.05, 3.63) is 0 Å². The molecule has 1 fully saturated rings. The summed E-state index contributed by atoms with van der Waals surface area (Å²) in [7, 11) is 1.95. The molecule has 0 aromatic heterocycles. The molecule has 3 nitrogen and oxygen atoms in total. The Morgan fingerprint density at radius 1 is 1.44 bits per heavy atom. The SMILES string of the molecule is C[C@H](CO)CSCC(=O)N(C)[C@@H]1CCCC[C@H]1C. The summed E-state index contributed by atoms with van der Waals surface area (Å²) in [6.07, 6.45) is 4.96. The Balaban J connectivity index is 2.31. The summed E-state index contributed by atoms with van der Waals surface area (Å²) < 4.78 is 0. The van der Waals surface area contributed by atoms with Crippen LogP contribution in [0.5, 0.6) is 0 Å². The van der Waals surface area contributed by atoms with Gasteiger partial charge in [-0.2, -0.15) is 11.8 Å². The van der Waals surface area contributed by atoms with Gasteiger partial charge in [-0.05, 0) is 30.4 Å². The molecule has 0 aromatic carbocycles.